The van der Waals surface area contributed by atoms with E-state index in [1.165, 1.54) is 31.2 Å². The van der Waals surface area contributed by atoms with Crippen LogP contribution in [-0.2, 0) is 11.3 Å². The van der Waals surface area contributed by atoms with Gasteiger partial charge in [-0.05, 0) is 43.6 Å². The molecule has 4 heterocycles. The predicted octanol–water partition coefficient (Wildman–Crippen LogP) is 4.42. The first-order chi connectivity index (χ1) is 19.4. The average Bonchev–Trinajstić information content (AvgIpc) is 3.31. The quantitative estimate of drug-likeness (QED) is 0.306. The molecule has 3 aromatic rings. The molecule has 11 nitrogen and oxygen atoms in total. The maximum Gasteiger partial charge on any atom is 0.410 e. The zero-order valence-corrected chi connectivity index (χ0v) is 23.2. The Morgan fingerprint density at radius 2 is 1.82 bits per heavy atom. The van der Waals surface area contributed by atoms with Gasteiger partial charge in [-0.2, -0.15) is 4.98 Å². The molecule has 1 aliphatic carbocycles. The largest absolute Gasteiger partial charge is 0.465 e. The summed E-state index contributed by atoms with van der Waals surface area (Å²) in [6.07, 6.45) is 4.54. The van der Waals surface area contributed by atoms with Crippen LogP contribution in [0.15, 0.2) is 30.3 Å². The molecule has 212 valence electrons. The number of ether oxygens (including phenoxy) is 1. The van der Waals surface area contributed by atoms with Crippen molar-refractivity contribution in [2.45, 2.75) is 64.6 Å². The van der Waals surface area contributed by atoms with Gasteiger partial charge in [-0.15, -0.1) is 0 Å². The lowest BCUT2D eigenvalue weighted by Gasteiger charge is -2.40. The fourth-order valence-corrected chi connectivity index (χ4v) is 6.27. The van der Waals surface area contributed by atoms with Crippen LogP contribution in [0, 0.1) is 17.2 Å². The molecule has 0 spiro atoms. The molecule has 6 rings (SSSR count). The summed E-state index contributed by atoms with van der Waals surface area (Å²) in [5, 5.41) is 19.7. The summed E-state index contributed by atoms with van der Waals surface area (Å²) in [5.74, 6) is 2.53. The van der Waals surface area contributed by atoms with Crippen molar-refractivity contribution in [3.8, 4) is 0 Å². The second kappa shape index (κ2) is 11.0. The Hall–Kier alpha value is -3.73. The van der Waals surface area contributed by atoms with Gasteiger partial charge >= 0.3 is 6.09 Å². The molecule has 3 N–H and O–H groups in total. The highest BCUT2D eigenvalue weighted by atomic mass is 16.5. The van der Waals surface area contributed by atoms with Crippen LogP contribution in [0.25, 0.3) is 11.2 Å². The molecular weight excluding hydrogens is 508 g/mol. The minimum atomic E-state index is -1.32. The van der Waals surface area contributed by atoms with Crippen molar-refractivity contribution in [3.05, 3.63) is 41.7 Å². The van der Waals surface area contributed by atoms with Crippen LogP contribution in [0.5, 0.6) is 0 Å². The topological polar surface area (TPSA) is 132 Å². The van der Waals surface area contributed by atoms with Gasteiger partial charge < -0.3 is 24.2 Å². The van der Waals surface area contributed by atoms with E-state index in [-0.39, 0.29) is 23.7 Å². The third-order valence-electron chi connectivity index (χ3n) is 8.76. The Balaban J connectivity index is 1.51. The SMILES string of the molecule is CC1CCC(Cn2c(N3CCOC[C@H]3c3ccccc3)nc3nc(C(=N)NC(=O)O)nc(N4CC[C@@H]4C)c32)CC1. The van der Waals surface area contributed by atoms with Crippen LogP contribution in [0.4, 0.5) is 16.6 Å². The van der Waals surface area contributed by atoms with Crippen LogP contribution in [-0.4, -0.2) is 68.9 Å². The second-order valence-corrected chi connectivity index (χ2v) is 11.5. The normalized spacial score (nSPS) is 25.1. The molecule has 11 heteroatoms. The van der Waals surface area contributed by atoms with Crippen molar-refractivity contribution in [3.63, 3.8) is 0 Å². The van der Waals surface area contributed by atoms with Crippen molar-refractivity contribution in [1.82, 2.24) is 24.8 Å². The summed E-state index contributed by atoms with van der Waals surface area (Å²) in [6, 6.07) is 10.7. The molecular formula is C29H38N8O3. The first-order valence-corrected chi connectivity index (χ1v) is 14.4. The summed E-state index contributed by atoms with van der Waals surface area (Å²) >= 11 is 0. The predicted molar refractivity (Wildman–Crippen MR) is 153 cm³/mol. The van der Waals surface area contributed by atoms with Gasteiger partial charge in [-0.25, -0.2) is 14.8 Å². The van der Waals surface area contributed by atoms with Gasteiger partial charge in [-0.3, -0.25) is 10.7 Å². The van der Waals surface area contributed by atoms with Crippen molar-refractivity contribution >= 4 is 34.9 Å². The van der Waals surface area contributed by atoms with Crippen LogP contribution in [0.1, 0.15) is 63.4 Å². The van der Waals surface area contributed by atoms with E-state index < -0.39 is 6.09 Å². The molecule has 1 saturated carbocycles. The highest BCUT2D eigenvalue weighted by Gasteiger charge is 2.35. The van der Waals surface area contributed by atoms with Crippen molar-refractivity contribution in [2.24, 2.45) is 11.8 Å². The Bertz CT molecular complexity index is 1380. The van der Waals surface area contributed by atoms with Gasteiger partial charge in [0.1, 0.15) is 5.52 Å². The summed E-state index contributed by atoms with van der Waals surface area (Å²) in [7, 11) is 0. The monoisotopic (exact) mass is 546 g/mol. The third kappa shape index (κ3) is 5.10. The number of nitrogens with one attached hydrogen (secondary N) is 2. The number of fused-ring (bicyclic) bond motifs is 1. The number of amidine groups is 1. The zero-order chi connectivity index (χ0) is 27.8. The molecule has 2 atom stereocenters. The first kappa shape index (κ1) is 26.5. The zero-order valence-electron chi connectivity index (χ0n) is 23.2. The van der Waals surface area contributed by atoms with Gasteiger partial charge in [0, 0.05) is 25.7 Å². The smallest absolute Gasteiger partial charge is 0.410 e. The number of hydrogen-bond acceptors (Lipinski definition) is 8. The van der Waals surface area contributed by atoms with Gasteiger partial charge in [0.15, 0.2) is 23.1 Å². The molecule has 1 aromatic carbocycles. The molecule has 0 bridgehead atoms. The summed E-state index contributed by atoms with van der Waals surface area (Å²) in [4.78, 5) is 30.4. The number of benzene rings is 1. The summed E-state index contributed by atoms with van der Waals surface area (Å²) < 4.78 is 8.26. The minimum absolute atomic E-state index is 0.00248. The second-order valence-electron chi connectivity index (χ2n) is 11.5. The lowest BCUT2D eigenvalue weighted by atomic mass is 9.83. The minimum Gasteiger partial charge on any atom is -0.465 e. The maximum atomic E-state index is 11.3. The van der Waals surface area contributed by atoms with E-state index >= 15 is 0 Å². The average molecular weight is 547 g/mol. The maximum absolute atomic E-state index is 11.3. The Morgan fingerprint density at radius 3 is 2.50 bits per heavy atom. The molecule has 2 saturated heterocycles. The van der Waals surface area contributed by atoms with E-state index in [1.54, 1.807) is 0 Å². The number of imidazole rings is 1. The highest BCUT2D eigenvalue weighted by Crippen LogP contribution is 2.39. The Morgan fingerprint density at radius 1 is 1.05 bits per heavy atom. The van der Waals surface area contributed by atoms with E-state index in [0.29, 0.717) is 31.3 Å². The molecule has 0 radical (unpaired) electrons. The van der Waals surface area contributed by atoms with Crippen LogP contribution < -0.4 is 15.1 Å². The van der Waals surface area contributed by atoms with Crippen LogP contribution in [0.2, 0.25) is 0 Å². The van der Waals surface area contributed by atoms with Crippen molar-refractivity contribution in [1.29, 1.82) is 5.41 Å². The van der Waals surface area contributed by atoms with Gasteiger partial charge in [0.25, 0.3) is 0 Å². The van der Waals surface area contributed by atoms with E-state index in [4.69, 9.17) is 20.1 Å². The molecule has 2 aliphatic heterocycles. The fourth-order valence-electron chi connectivity index (χ4n) is 6.27. The lowest BCUT2D eigenvalue weighted by Crippen LogP contribution is -2.47. The van der Waals surface area contributed by atoms with E-state index in [0.717, 1.165) is 42.7 Å². The molecule has 1 amide bonds. The number of amides is 1. The van der Waals surface area contributed by atoms with E-state index in [1.807, 2.05) is 6.07 Å². The van der Waals surface area contributed by atoms with E-state index in [2.05, 4.69) is 62.8 Å². The molecule has 2 aromatic heterocycles. The third-order valence-corrected chi connectivity index (χ3v) is 8.76. The van der Waals surface area contributed by atoms with Gasteiger partial charge in [0.05, 0.1) is 19.3 Å². The molecule has 40 heavy (non-hydrogen) atoms. The highest BCUT2D eigenvalue weighted by molar-refractivity contribution is 6.03. The Kier molecular flexibility index (Phi) is 7.31. The molecule has 3 aliphatic rings. The number of carboxylic acid groups (broad SMARTS) is 1. The standard InChI is InChI=1S/C29H38N8O3/c1-18-8-10-20(11-9-18)16-37-23-25(32-26(24(30)31-29(38)39)33-27(23)35-13-12-19(35)2)34-28(37)36-14-15-40-17-22(36)21-6-4-3-5-7-21/h3-7,18-20,22H,8-17H2,1-2H3,(H2,30,31)(H,38,39)/t18?,19-,20?,22-/m0/s1. The number of anilines is 2. The summed E-state index contributed by atoms with van der Waals surface area (Å²) in [6.45, 7) is 8.03. The van der Waals surface area contributed by atoms with Crippen molar-refractivity contribution < 1.29 is 14.6 Å². The molecule has 3 fully saturated rings. The van der Waals surface area contributed by atoms with Crippen LogP contribution >= 0.6 is 0 Å². The van der Waals surface area contributed by atoms with Crippen LogP contribution in [0.3, 0.4) is 0 Å². The first-order valence-electron chi connectivity index (χ1n) is 14.4. The number of nitrogens with zero attached hydrogens (tertiary/aromatic N) is 6. The Labute approximate surface area is 234 Å². The number of aromatic nitrogens is 4. The molecule has 0 unspecified atom stereocenters. The van der Waals surface area contributed by atoms with Gasteiger partial charge in [0.2, 0.25) is 5.95 Å². The summed E-state index contributed by atoms with van der Waals surface area (Å²) in [5.41, 5.74) is 2.53. The lowest BCUT2D eigenvalue weighted by molar-refractivity contribution is 0.0927. The fraction of sp³-hybridized carbons (Fsp3) is 0.552. The van der Waals surface area contributed by atoms with Crippen molar-refractivity contribution in [2.75, 3.05) is 36.1 Å². The van der Waals surface area contributed by atoms with E-state index in [9.17, 15) is 9.90 Å². The number of hydrogen-bond donors (Lipinski definition) is 3. The van der Waals surface area contributed by atoms with Gasteiger partial charge in [-0.1, -0.05) is 50.1 Å². The number of carbonyl (C=O) groups is 1. The number of morpholine rings is 1. The number of rotatable bonds is 6.